The van der Waals surface area contributed by atoms with Crippen LogP contribution in [0, 0.1) is 11.8 Å². The fourth-order valence-corrected chi connectivity index (χ4v) is 2.25. The molecule has 5 heteroatoms. The van der Waals surface area contributed by atoms with Gasteiger partial charge in [0, 0.05) is 12.1 Å². The lowest BCUT2D eigenvalue weighted by Gasteiger charge is -2.38. The molecule has 1 amide bonds. The summed E-state index contributed by atoms with van der Waals surface area (Å²) >= 11 is 0. The summed E-state index contributed by atoms with van der Waals surface area (Å²) < 4.78 is 4.67. The molecule has 3 N–H and O–H groups in total. The Bertz CT molecular complexity index is 306. The molecule has 0 heterocycles. The van der Waals surface area contributed by atoms with Crippen molar-refractivity contribution in [2.24, 2.45) is 17.6 Å². The second-order valence-electron chi connectivity index (χ2n) is 4.67. The fourth-order valence-electron chi connectivity index (χ4n) is 2.25. The smallest absolute Gasteiger partial charge is 0.310 e. The lowest BCUT2D eigenvalue weighted by atomic mass is 9.76. The first-order valence-corrected chi connectivity index (χ1v) is 5.77. The quantitative estimate of drug-likeness (QED) is 0.652. The first kappa shape index (κ1) is 11.4. The second-order valence-corrected chi connectivity index (χ2v) is 4.67. The van der Waals surface area contributed by atoms with Gasteiger partial charge in [-0.15, -0.1) is 0 Å². The molecule has 0 aromatic carbocycles. The highest BCUT2D eigenvalue weighted by Crippen LogP contribution is 2.31. The third kappa shape index (κ3) is 1.91. The largest absolute Gasteiger partial charge is 0.469 e. The Labute approximate surface area is 94.7 Å². The van der Waals surface area contributed by atoms with E-state index in [0.717, 1.165) is 25.7 Å². The van der Waals surface area contributed by atoms with Crippen LogP contribution < -0.4 is 11.1 Å². The van der Waals surface area contributed by atoms with Crippen LogP contribution in [0.1, 0.15) is 25.7 Å². The fraction of sp³-hybridized carbons (Fsp3) is 0.818. The summed E-state index contributed by atoms with van der Waals surface area (Å²) in [6, 6.07) is -0.0515. The van der Waals surface area contributed by atoms with Gasteiger partial charge in [0.25, 0.3) is 0 Å². The van der Waals surface area contributed by atoms with Gasteiger partial charge in [-0.05, 0) is 25.7 Å². The van der Waals surface area contributed by atoms with Crippen LogP contribution in [0.2, 0.25) is 0 Å². The molecule has 0 saturated heterocycles. The number of hydrogen-bond acceptors (Lipinski definition) is 4. The van der Waals surface area contributed by atoms with E-state index in [1.54, 1.807) is 0 Å². The van der Waals surface area contributed by atoms with Crippen molar-refractivity contribution in [2.75, 3.05) is 7.11 Å². The average Bonchev–Trinajstić information content (AvgIpc) is 2.22. The summed E-state index contributed by atoms with van der Waals surface area (Å²) in [5.74, 6) is -0.448. The highest BCUT2D eigenvalue weighted by molar-refractivity contribution is 5.82. The molecule has 90 valence electrons. The van der Waals surface area contributed by atoms with Gasteiger partial charge in [0.2, 0.25) is 5.91 Å². The van der Waals surface area contributed by atoms with Gasteiger partial charge in [-0.3, -0.25) is 9.59 Å². The Morgan fingerprint density at radius 2 is 1.88 bits per heavy atom. The minimum atomic E-state index is -0.227. The third-order valence-electron chi connectivity index (χ3n) is 3.77. The molecular weight excluding hydrogens is 208 g/mol. The molecule has 0 aliphatic heterocycles. The van der Waals surface area contributed by atoms with E-state index >= 15 is 0 Å². The van der Waals surface area contributed by atoms with Gasteiger partial charge in [-0.2, -0.15) is 0 Å². The summed E-state index contributed by atoms with van der Waals surface area (Å²) in [7, 11) is 1.38. The number of amides is 1. The summed E-state index contributed by atoms with van der Waals surface area (Å²) in [4.78, 5) is 23.1. The monoisotopic (exact) mass is 226 g/mol. The predicted octanol–water partition coefficient (Wildman–Crippen LogP) is -0.208. The molecule has 0 aromatic rings. The Hall–Kier alpha value is -1.10. The lowest BCUT2D eigenvalue weighted by Crippen LogP contribution is -2.56. The lowest BCUT2D eigenvalue weighted by molar-refractivity contribution is -0.150. The standard InChI is InChI=1S/C11H18N2O3/c1-16-11(15)7-3-5-9(7)13-10(14)6-2-4-8(6)12/h6-9H,2-5,12H2,1H3,(H,13,14)/t6-,7-,8+,9+/m0/s1. The van der Waals surface area contributed by atoms with Crippen molar-refractivity contribution < 1.29 is 14.3 Å². The molecule has 0 radical (unpaired) electrons. The Morgan fingerprint density at radius 3 is 2.25 bits per heavy atom. The van der Waals surface area contributed by atoms with Gasteiger partial charge in [-0.1, -0.05) is 0 Å². The van der Waals surface area contributed by atoms with E-state index in [4.69, 9.17) is 5.73 Å². The van der Waals surface area contributed by atoms with Gasteiger partial charge in [-0.25, -0.2) is 0 Å². The number of rotatable bonds is 3. The maximum absolute atomic E-state index is 11.8. The first-order chi connectivity index (χ1) is 7.63. The molecule has 4 atom stereocenters. The van der Waals surface area contributed by atoms with E-state index in [2.05, 4.69) is 10.1 Å². The molecule has 2 aliphatic carbocycles. The first-order valence-electron chi connectivity index (χ1n) is 5.77. The molecular formula is C11H18N2O3. The molecule has 0 spiro atoms. The molecule has 0 aromatic heterocycles. The molecule has 0 bridgehead atoms. The maximum Gasteiger partial charge on any atom is 0.310 e. The van der Waals surface area contributed by atoms with Gasteiger partial charge < -0.3 is 15.8 Å². The minimum absolute atomic E-state index is 0.00245. The minimum Gasteiger partial charge on any atom is -0.469 e. The zero-order valence-corrected chi connectivity index (χ0v) is 9.44. The van der Waals surface area contributed by atoms with E-state index in [0.29, 0.717) is 0 Å². The van der Waals surface area contributed by atoms with Crippen LogP contribution in [0.4, 0.5) is 0 Å². The second kappa shape index (κ2) is 4.41. The van der Waals surface area contributed by atoms with E-state index < -0.39 is 0 Å². The van der Waals surface area contributed by atoms with E-state index in [1.807, 2.05) is 0 Å². The summed E-state index contributed by atoms with van der Waals surface area (Å²) in [6.45, 7) is 0. The van der Waals surface area contributed by atoms with Crippen LogP contribution >= 0.6 is 0 Å². The highest BCUT2D eigenvalue weighted by Gasteiger charge is 2.41. The number of ether oxygens (including phenoxy) is 1. The van der Waals surface area contributed by atoms with Crippen LogP contribution in [0.15, 0.2) is 0 Å². The molecule has 16 heavy (non-hydrogen) atoms. The summed E-state index contributed by atoms with van der Waals surface area (Å²) in [5.41, 5.74) is 5.73. The molecule has 5 nitrogen and oxygen atoms in total. The van der Waals surface area contributed by atoms with Gasteiger partial charge in [0.1, 0.15) is 0 Å². The molecule has 2 fully saturated rings. The van der Waals surface area contributed by atoms with E-state index in [-0.39, 0.29) is 35.8 Å². The number of carbonyl (C=O) groups excluding carboxylic acids is 2. The number of methoxy groups -OCH3 is 1. The predicted molar refractivity (Wildman–Crippen MR) is 57.4 cm³/mol. The number of esters is 1. The average molecular weight is 226 g/mol. The number of carbonyl (C=O) groups is 2. The number of nitrogens with one attached hydrogen (secondary N) is 1. The van der Waals surface area contributed by atoms with E-state index in [1.165, 1.54) is 7.11 Å². The Balaban J connectivity index is 1.81. The number of nitrogens with two attached hydrogens (primary N) is 1. The van der Waals surface area contributed by atoms with E-state index in [9.17, 15) is 9.59 Å². The van der Waals surface area contributed by atoms with Gasteiger partial charge >= 0.3 is 5.97 Å². The van der Waals surface area contributed by atoms with Gasteiger partial charge in [0.05, 0.1) is 18.9 Å². The molecule has 2 saturated carbocycles. The van der Waals surface area contributed by atoms with Crippen LogP contribution in [0.3, 0.4) is 0 Å². The third-order valence-corrected chi connectivity index (χ3v) is 3.77. The van der Waals surface area contributed by atoms with Gasteiger partial charge in [0.15, 0.2) is 0 Å². The normalized spacial score (nSPS) is 36.9. The van der Waals surface area contributed by atoms with Crippen molar-refractivity contribution in [3.05, 3.63) is 0 Å². The Morgan fingerprint density at radius 1 is 1.19 bits per heavy atom. The van der Waals surface area contributed by atoms with Crippen molar-refractivity contribution in [1.29, 1.82) is 0 Å². The SMILES string of the molecule is COC(=O)[C@H]1CC[C@H]1NC(=O)[C@H]1CC[C@H]1N. The highest BCUT2D eigenvalue weighted by atomic mass is 16.5. The van der Waals surface area contributed by atoms with Crippen molar-refractivity contribution in [2.45, 2.75) is 37.8 Å². The van der Waals surface area contributed by atoms with Crippen molar-refractivity contribution >= 4 is 11.9 Å². The van der Waals surface area contributed by atoms with Crippen LogP contribution in [0.25, 0.3) is 0 Å². The number of hydrogen-bond donors (Lipinski definition) is 2. The Kier molecular flexibility index (Phi) is 3.14. The maximum atomic E-state index is 11.8. The van der Waals surface area contributed by atoms with Crippen molar-refractivity contribution in [3.8, 4) is 0 Å². The zero-order valence-electron chi connectivity index (χ0n) is 9.44. The zero-order chi connectivity index (χ0) is 11.7. The van der Waals surface area contributed by atoms with Crippen LogP contribution in [0.5, 0.6) is 0 Å². The summed E-state index contributed by atoms with van der Waals surface area (Å²) in [5, 5.41) is 2.89. The van der Waals surface area contributed by atoms with Crippen molar-refractivity contribution in [3.63, 3.8) is 0 Å². The molecule has 2 aliphatic rings. The van der Waals surface area contributed by atoms with Crippen LogP contribution in [-0.2, 0) is 14.3 Å². The molecule has 2 rings (SSSR count). The summed E-state index contributed by atoms with van der Waals surface area (Å²) in [6.07, 6.45) is 3.44. The van der Waals surface area contributed by atoms with Crippen LogP contribution in [-0.4, -0.2) is 31.1 Å². The molecule has 0 unspecified atom stereocenters. The topological polar surface area (TPSA) is 81.4 Å². The van der Waals surface area contributed by atoms with Crippen molar-refractivity contribution in [1.82, 2.24) is 5.32 Å².